The van der Waals surface area contributed by atoms with E-state index in [9.17, 15) is 14.0 Å². The van der Waals surface area contributed by atoms with Crippen molar-refractivity contribution in [2.75, 3.05) is 6.61 Å². The summed E-state index contributed by atoms with van der Waals surface area (Å²) in [6.45, 7) is 4.99. The van der Waals surface area contributed by atoms with E-state index in [0.29, 0.717) is 10.6 Å². The van der Waals surface area contributed by atoms with Crippen molar-refractivity contribution in [2.45, 2.75) is 45.8 Å². The standard InChI is InChI=1S/C22H25Cl2FN2O3/c1-4-14(2)26-22(29)15(3)27(12-16-7-5-6-8-19(16)25)21(28)13-30-20-10-9-17(23)11-18(20)24/h5-11,14-15H,4,12-13H2,1-3H3,(H,26,29). The van der Waals surface area contributed by atoms with Gasteiger partial charge in [0.25, 0.3) is 5.91 Å². The Bertz CT molecular complexity index is 894. The number of nitrogens with zero attached hydrogens (tertiary/aromatic N) is 1. The zero-order valence-corrected chi connectivity index (χ0v) is 18.6. The van der Waals surface area contributed by atoms with Crippen LogP contribution in [-0.2, 0) is 16.1 Å². The van der Waals surface area contributed by atoms with Gasteiger partial charge in [-0.2, -0.15) is 0 Å². The minimum absolute atomic E-state index is 0.0468. The van der Waals surface area contributed by atoms with E-state index >= 15 is 0 Å². The molecule has 0 spiro atoms. The quantitative estimate of drug-likeness (QED) is 0.589. The Morgan fingerprint density at radius 3 is 2.50 bits per heavy atom. The predicted octanol–water partition coefficient (Wildman–Crippen LogP) is 4.84. The molecular weight excluding hydrogens is 430 g/mol. The smallest absolute Gasteiger partial charge is 0.261 e. The van der Waals surface area contributed by atoms with Crippen LogP contribution in [-0.4, -0.2) is 35.4 Å². The fourth-order valence-electron chi connectivity index (χ4n) is 2.67. The van der Waals surface area contributed by atoms with Crippen molar-refractivity contribution in [3.05, 3.63) is 63.9 Å². The van der Waals surface area contributed by atoms with Gasteiger partial charge in [-0.25, -0.2) is 4.39 Å². The molecule has 162 valence electrons. The second-order valence-electron chi connectivity index (χ2n) is 6.97. The first-order chi connectivity index (χ1) is 14.2. The highest BCUT2D eigenvalue weighted by Crippen LogP contribution is 2.27. The van der Waals surface area contributed by atoms with Crippen molar-refractivity contribution >= 4 is 35.0 Å². The molecule has 5 nitrogen and oxygen atoms in total. The normalized spacial score (nSPS) is 12.7. The lowest BCUT2D eigenvalue weighted by molar-refractivity contribution is -0.142. The molecule has 0 radical (unpaired) electrons. The molecule has 0 saturated heterocycles. The van der Waals surface area contributed by atoms with Crippen molar-refractivity contribution in [3.63, 3.8) is 0 Å². The van der Waals surface area contributed by atoms with Gasteiger partial charge >= 0.3 is 0 Å². The monoisotopic (exact) mass is 454 g/mol. The van der Waals surface area contributed by atoms with E-state index in [-0.39, 0.29) is 35.9 Å². The Balaban J connectivity index is 2.19. The molecule has 2 rings (SSSR count). The fourth-order valence-corrected chi connectivity index (χ4v) is 3.14. The molecule has 0 aliphatic heterocycles. The third kappa shape index (κ3) is 6.61. The van der Waals surface area contributed by atoms with Gasteiger partial charge in [0.15, 0.2) is 6.61 Å². The number of nitrogens with one attached hydrogen (secondary N) is 1. The lowest BCUT2D eigenvalue weighted by Gasteiger charge is -2.29. The Morgan fingerprint density at radius 1 is 1.17 bits per heavy atom. The van der Waals surface area contributed by atoms with E-state index in [1.165, 1.54) is 17.0 Å². The minimum atomic E-state index is -0.824. The zero-order valence-electron chi connectivity index (χ0n) is 17.1. The van der Waals surface area contributed by atoms with Crippen LogP contribution in [0.5, 0.6) is 5.75 Å². The van der Waals surface area contributed by atoms with Crippen molar-refractivity contribution in [3.8, 4) is 5.75 Å². The topological polar surface area (TPSA) is 58.6 Å². The highest BCUT2D eigenvalue weighted by atomic mass is 35.5. The molecule has 8 heteroatoms. The number of rotatable bonds is 9. The highest BCUT2D eigenvalue weighted by Gasteiger charge is 2.28. The average molecular weight is 455 g/mol. The maximum absolute atomic E-state index is 14.2. The van der Waals surface area contributed by atoms with Crippen LogP contribution in [0.2, 0.25) is 10.0 Å². The summed E-state index contributed by atoms with van der Waals surface area (Å²) in [5.74, 6) is -0.960. The molecule has 0 aromatic heterocycles. The third-order valence-electron chi connectivity index (χ3n) is 4.71. The van der Waals surface area contributed by atoms with E-state index in [4.69, 9.17) is 27.9 Å². The average Bonchev–Trinajstić information content (AvgIpc) is 2.71. The zero-order chi connectivity index (χ0) is 22.3. The van der Waals surface area contributed by atoms with Crippen molar-refractivity contribution in [2.24, 2.45) is 0 Å². The molecule has 0 bridgehead atoms. The summed E-state index contributed by atoms with van der Waals surface area (Å²) in [5, 5.41) is 3.55. The van der Waals surface area contributed by atoms with E-state index in [2.05, 4.69) is 5.32 Å². The van der Waals surface area contributed by atoms with E-state index in [1.807, 2.05) is 13.8 Å². The molecule has 2 aromatic rings. The molecule has 2 amide bonds. The first-order valence-corrected chi connectivity index (χ1v) is 10.4. The van der Waals surface area contributed by atoms with Gasteiger partial charge in [-0.15, -0.1) is 0 Å². The molecule has 30 heavy (non-hydrogen) atoms. The fraction of sp³-hybridized carbons (Fsp3) is 0.364. The van der Waals surface area contributed by atoms with E-state index in [1.54, 1.807) is 37.3 Å². The molecule has 1 N–H and O–H groups in total. The van der Waals surface area contributed by atoms with Gasteiger partial charge in [0.1, 0.15) is 17.6 Å². The van der Waals surface area contributed by atoms with Gasteiger partial charge in [-0.1, -0.05) is 48.3 Å². The van der Waals surface area contributed by atoms with Crippen LogP contribution < -0.4 is 10.1 Å². The number of hydrogen-bond donors (Lipinski definition) is 1. The summed E-state index contributed by atoms with van der Waals surface area (Å²) in [4.78, 5) is 26.9. The molecule has 2 unspecified atom stereocenters. The summed E-state index contributed by atoms with van der Waals surface area (Å²) in [6.07, 6.45) is 0.748. The van der Waals surface area contributed by atoms with Gasteiger partial charge in [0.05, 0.1) is 5.02 Å². The number of halogens is 3. The Labute approximate surface area is 186 Å². The molecule has 0 saturated carbocycles. The summed E-state index contributed by atoms with van der Waals surface area (Å²) < 4.78 is 19.7. The van der Waals surface area contributed by atoms with Crippen LogP contribution in [0.25, 0.3) is 0 Å². The molecule has 0 aliphatic rings. The van der Waals surface area contributed by atoms with Crippen LogP contribution in [0.4, 0.5) is 4.39 Å². The van der Waals surface area contributed by atoms with Crippen LogP contribution >= 0.6 is 23.2 Å². The number of amides is 2. The van der Waals surface area contributed by atoms with Gasteiger partial charge in [0, 0.05) is 23.2 Å². The first-order valence-electron chi connectivity index (χ1n) is 9.64. The van der Waals surface area contributed by atoms with Crippen molar-refractivity contribution in [1.29, 1.82) is 0 Å². The van der Waals surface area contributed by atoms with Crippen molar-refractivity contribution < 1.29 is 18.7 Å². The molecule has 2 aromatic carbocycles. The molecule has 0 fully saturated rings. The molecule has 0 aliphatic carbocycles. The lowest BCUT2D eigenvalue weighted by atomic mass is 10.1. The Hall–Kier alpha value is -2.31. The first kappa shape index (κ1) is 24.0. The largest absolute Gasteiger partial charge is 0.482 e. The van der Waals surface area contributed by atoms with Gasteiger partial charge in [-0.05, 0) is 44.5 Å². The SMILES string of the molecule is CCC(C)NC(=O)C(C)N(Cc1ccccc1F)C(=O)COc1ccc(Cl)cc1Cl. The van der Waals surface area contributed by atoms with E-state index in [0.717, 1.165) is 6.42 Å². The van der Waals surface area contributed by atoms with Crippen LogP contribution in [0.1, 0.15) is 32.8 Å². The van der Waals surface area contributed by atoms with E-state index < -0.39 is 17.8 Å². The summed E-state index contributed by atoms with van der Waals surface area (Å²) in [5.41, 5.74) is 0.304. The maximum atomic E-state index is 14.2. The number of benzene rings is 2. The molecular formula is C22H25Cl2FN2O3. The number of hydrogen-bond acceptors (Lipinski definition) is 3. The Kier molecular flexibility index (Phi) is 8.93. The Morgan fingerprint density at radius 2 is 1.87 bits per heavy atom. The summed E-state index contributed by atoms with van der Waals surface area (Å²) in [7, 11) is 0. The molecule has 2 atom stereocenters. The summed E-state index contributed by atoms with van der Waals surface area (Å²) >= 11 is 12.0. The molecule has 0 heterocycles. The number of carbonyl (C=O) groups is 2. The van der Waals surface area contributed by atoms with Crippen LogP contribution in [0.3, 0.4) is 0 Å². The second-order valence-corrected chi connectivity index (χ2v) is 7.81. The van der Waals surface area contributed by atoms with Gasteiger partial charge in [-0.3, -0.25) is 9.59 Å². The van der Waals surface area contributed by atoms with Crippen LogP contribution in [0, 0.1) is 5.82 Å². The van der Waals surface area contributed by atoms with Gasteiger partial charge < -0.3 is 15.0 Å². The van der Waals surface area contributed by atoms with Crippen molar-refractivity contribution in [1.82, 2.24) is 10.2 Å². The third-order valence-corrected chi connectivity index (χ3v) is 5.24. The number of ether oxygens (including phenoxy) is 1. The van der Waals surface area contributed by atoms with Gasteiger partial charge in [0.2, 0.25) is 5.91 Å². The van der Waals surface area contributed by atoms with Crippen LogP contribution in [0.15, 0.2) is 42.5 Å². The summed E-state index contributed by atoms with van der Waals surface area (Å²) in [6, 6.07) is 9.90. The number of carbonyl (C=O) groups excluding carboxylic acids is 2. The highest BCUT2D eigenvalue weighted by molar-refractivity contribution is 6.35. The second kappa shape index (κ2) is 11.2. The predicted molar refractivity (Wildman–Crippen MR) is 116 cm³/mol. The maximum Gasteiger partial charge on any atom is 0.261 e. The minimum Gasteiger partial charge on any atom is -0.482 e. The lowest BCUT2D eigenvalue weighted by Crippen LogP contribution is -2.50.